The lowest BCUT2D eigenvalue weighted by Crippen LogP contribution is -2.11. The van der Waals surface area contributed by atoms with Crippen LogP contribution in [-0.2, 0) is 11.2 Å². The topological polar surface area (TPSA) is 91.2 Å². The summed E-state index contributed by atoms with van der Waals surface area (Å²) in [6, 6.07) is 5.00. The lowest BCUT2D eigenvalue weighted by Gasteiger charge is -2.10. The molecule has 0 aliphatic heterocycles. The second-order valence-electron chi connectivity index (χ2n) is 4.58. The first-order valence-corrected chi connectivity index (χ1v) is 7.39. The van der Waals surface area contributed by atoms with Crippen molar-refractivity contribution in [3.63, 3.8) is 0 Å². The molecule has 1 heterocycles. The van der Waals surface area contributed by atoms with Gasteiger partial charge >= 0.3 is 5.97 Å². The van der Waals surface area contributed by atoms with Crippen LogP contribution in [0.5, 0.6) is 0 Å². The fourth-order valence-electron chi connectivity index (χ4n) is 1.74. The van der Waals surface area contributed by atoms with E-state index in [2.05, 4.69) is 26.1 Å². The SMILES string of the molecule is CCCc1noc([C@H](C)OC(=O)c2cc(Br)ccc2N)n1. The van der Waals surface area contributed by atoms with E-state index in [0.717, 1.165) is 17.3 Å². The second kappa shape index (κ2) is 6.71. The van der Waals surface area contributed by atoms with E-state index in [1.807, 2.05) is 6.92 Å². The molecule has 1 aromatic heterocycles. The van der Waals surface area contributed by atoms with E-state index in [1.54, 1.807) is 25.1 Å². The number of carbonyl (C=O) groups is 1. The van der Waals surface area contributed by atoms with E-state index in [9.17, 15) is 4.79 Å². The summed E-state index contributed by atoms with van der Waals surface area (Å²) in [5, 5.41) is 3.83. The van der Waals surface area contributed by atoms with E-state index < -0.39 is 12.1 Å². The summed E-state index contributed by atoms with van der Waals surface area (Å²) in [6.45, 7) is 3.70. The first-order chi connectivity index (χ1) is 10.0. The maximum absolute atomic E-state index is 12.1. The minimum atomic E-state index is -0.631. The van der Waals surface area contributed by atoms with Crippen LogP contribution in [0.15, 0.2) is 27.2 Å². The normalized spacial score (nSPS) is 12.1. The van der Waals surface area contributed by atoms with E-state index in [-0.39, 0.29) is 5.89 Å². The van der Waals surface area contributed by atoms with Gasteiger partial charge in [-0.15, -0.1) is 0 Å². The maximum Gasteiger partial charge on any atom is 0.341 e. The Hall–Kier alpha value is -1.89. The largest absolute Gasteiger partial charge is 0.449 e. The molecule has 21 heavy (non-hydrogen) atoms. The zero-order chi connectivity index (χ0) is 15.4. The minimum absolute atomic E-state index is 0.278. The molecule has 0 spiro atoms. The summed E-state index contributed by atoms with van der Waals surface area (Å²) in [5.41, 5.74) is 6.43. The van der Waals surface area contributed by atoms with E-state index in [4.69, 9.17) is 15.0 Å². The highest BCUT2D eigenvalue weighted by Gasteiger charge is 2.21. The highest BCUT2D eigenvalue weighted by Crippen LogP contribution is 2.22. The number of halogens is 1. The molecule has 7 heteroatoms. The number of hydrogen-bond donors (Lipinski definition) is 1. The van der Waals surface area contributed by atoms with Gasteiger partial charge in [-0.25, -0.2) is 4.79 Å². The minimum Gasteiger partial charge on any atom is -0.449 e. The Balaban J connectivity index is 2.09. The first kappa shape index (κ1) is 15.5. The molecule has 2 N–H and O–H groups in total. The first-order valence-electron chi connectivity index (χ1n) is 6.59. The predicted molar refractivity (Wildman–Crippen MR) is 80.7 cm³/mol. The van der Waals surface area contributed by atoms with Crippen LogP contribution in [-0.4, -0.2) is 16.1 Å². The van der Waals surface area contributed by atoms with Gasteiger partial charge in [-0.3, -0.25) is 0 Å². The maximum atomic E-state index is 12.1. The Labute approximate surface area is 130 Å². The number of anilines is 1. The Morgan fingerprint density at radius 1 is 1.52 bits per heavy atom. The summed E-state index contributed by atoms with van der Waals surface area (Å²) in [7, 11) is 0. The molecule has 0 radical (unpaired) electrons. The van der Waals surface area contributed by atoms with Gasteiger partial charge in [-0.1, -0.05) is 28.0 Å². The lowest BCUT2D eigenvalue weighted by molar-refractivity contribution is 0.0266. The molecule has 112 valence electrons. The van der Waals surface area contributed by atoms with Crippen LogP contribution in [0.25, 0.3) is 0 Å². The molecule has 0 saturated heterocycles. The van der Waals surface area contributed by atoms with Crippen LogP contribution >= 0.6 is 15.9 Å². The molecule has 0 fully saturated rings. The van der Waals surface area contributed by atoms with Gasteiger partial charge in [0.2, 0.25) is 0 Å². The quantitative estimate of drug-likeness (QED) is 0.654. The highest BCUT2D eigenvalue weighted by atomic mass is 79.9. The van der Waals surface area contributed by atoms with Gasteiger partial charge < -0.3 is 15.0 Å². The molecule has 0 amide bonds. The highest BCUT2D eigenvalue weighted by molar-refractivity contribution is 9.10. The number of ether oxygens (including phenoxy) is 1. The molecule has 0 aliphatic carbocycles. The van der Waals surface area contributed by atoms with Gasteiger partial charge in [0.25, 0.3) is 5.89 Å². The monoisotopic (exact) mass is 353 g/mol. The molecular weight excluding hydrogens is 338 g/mol. The molecular formula is C14H16BrN3O3. The van der Waals surface area contributed by atoms with E-state index in [0.29, 0.717) is 17.1 Å². The van der Waals surface area contributed by atoms with Crippen molar-refractivity contribution < 1.29 is 14.1 Å². The Kier molecular flexibility index (Phi) is 4.95. The number of carbonyl (C=O) groups excluding carboxylic acids is 1. The van der Waals surface area contributed by atoms with Crippen molar-refractivity contribution in [1.82, 2.24) is 10.1 Å². The molecule has 0 bridgehead atoms. The summed E-state index contributed by atoms with van der Waals surface area (Å²) < 4.78 is 11.2. The van der Waals surface area contributed by atoms with Crippen molar-refractivity contribution in [3.8, 4) is 0 Å². The average Bonchev–Trinajstić information content (AvgIpc) is 2.90. The summed E-state index contributed by atoms with van der Waals surface area (Å²) >= 11 is 3.29. The number of esters is 1. The lowest BCUT2D eigenvalue weighted by atomic mass is 10.2. The molecule has 2 rings (SSSR count). The predicted octanol–water partition coefficient (Wildman–Crippen LogP) is 3.28. The Morgan fingerprint density at radius 2 is 2.29 bits per heavy atom. The molecule has 0 aliphatic rings. The number of hydrogen-bond acceptors (Lipinski definition) is 6. The third kappa shape index (κ3) is 3.81. The van der Waals surface area contributed by atoms with Gasteiger partial charge in [0.15, 0.2) is 11.9 Å². The van der Waals surface area contributed by atoms with Crippen molar-refractivity contribution >= 4 is 27.6 Å². The van der Waals surface area contributed by atoms with Gasteiger partial charge in [-0.2, -0.15) is 4.98 Å². The Bertz CT molecular complexity index is 642. The van der Waals surface area contributed by atoms with Crippen molar-refractivity contribution in [3.05, 3.63) is 40.0 Å². The van der Waals surface area contributed by atoms with Crippen LogP contribution in [0.4, 0.5) is 5.69 Å². The smallest absolute Gasteiger partial charge is 0.341 e. The fraction of sp³-hybridized carbons (Fsp3) is 0.357. The molecule has 2 aromatic rings. The van der Waals surface area contributed by atoms with E-state index >= 15 is 0 Å². The van der Waals surface area contributed by atoms with Gasteiger partial charge in [-0.05, 0) is 31.5 Å². The molecule has 0 unspecified atom stereocenters. The van der Waals surface area contributed by atoms with Crippen LogP contribution in [0.3, 0.4) is 0 Å². The van der Waals surface area contributed by atoms with Gasteiger partial charge in [0.05, 0.1) is 5.56 Å². The fourth-order valence-corrected chi connectivity index (χ4v) is 2.10. The van der Waals surface area contributed by atoms with Crippen LogP contribution in [0, 0.1) is 0 Å². The number of aryl methyl sites for hydroxylation is 1. The molecule has 1 aromatic carbocycles. The van der Waals surface area contributed by atoms with Crippen molar-refractivity contribution in [1.29, 1.82) is 0 Å². The van der Waals surface area contributed by atoms with Gasteiger partial charge in [0.1, 0.15) is 0 Å². The number of nitrogens with zero attached hydrogens (tertiary/aromatic N) is 2. The number of rotatable bonds is 5. The average molecular weight is 354 g/mol. The summed E-state index contributed by atoms with van der Waals surface area (Å²) in [4.78, 5) is 16.3. The Morgan fingerprint density at radius 3 is 3.00 bits per heavy atom. The van der Waals surface area contributed by atoms with Crippen LogP contribution in [0.2, 0.25) is 0 Å². The summed E-state index contributed by atoms with van der Waals surface area (Å²) in [6.07, 6.45) is 1.01. The van der Waals surface area contributed by atoms with Gasteiger partial charge in [0, 0.05) is 16.6 Å². The summed E-state index contributed by atoms with van der Waals surface area (Å²) in [5.74, 6) is 0.356. The van der Waals surface area contributed by atoms with Crippen LogP contribution in [0.1, 0.15) is 48.4 Å². The number of nitrogen functional groups attached to an aromatic ring is 1. The number of aromatic nitrogens is 2. The standard InChI is InChI=1S/C14H16BrN3O3/c1-3-4-12-17-13(21-18-12)8(2)20-14(19)10-7-9(15)5-6-11(10)16/h5-8H,3-4,16H2,1-2H3/t8-/m0/s1. The number of nitrogens with two attached hydrogens (primary N) is 1. The molecule has 1 atom stereocenters. The van der Waals surface area contributed by atoms with Crippen molar-refractivity contribution in [2.45, 2.75) is 32.8 Å². The third-order valence-corrected chi connectivity index (χ3v) is 3.32. The molecule has 0 saturated carbocycles. The van der Waals surface area contributed by atoms with E-state index in [1.165, 1.54) is 0 Å². The zero-order valence-electron chi connectivity index (χ0n) is 11.8. The van der Waals surface area contributed by atoms with Crippen molar-refractivity contribution in [2.75, 3.05) is 5.73 Å². The zero-order valence-corrected chi connectivity index (χ0v) is 13.4. The number of benzene rings is 1. The molecule has 6 nitrogen and oxygen atoms in total. The third-order valence-electron chi connectivity index (χ3n) is 2.82. The van der Waals surface area contributed by atoms with Crippen molar-refractivity contribution in [2.24, 2.45) is 0 Å². The second-order valence-corrected chi connectivity index (χ2v) is 5.49. The van der Waals surface area contributed by atoms with Crippen LogP contribution < -0.4 is 5.73 Å².